The summed E-state index contributed by atoms with van der Waals surface area (Å²) in [5.41, 5.74) is 2.06. The summed E-state index contributed by atoms with van der Waals surface area (Å²) < 4.78 is 37.1. The van der Waals surface area contributed by atoms with Gasteiger partial charge >= 0.3 is 0 Å². The molecular weight excluding hydrogens is 458 g/mol. The molecule has 0 fully saturated rings. The molecule has 1 atom stereocenters. The summed E-state index contributed by atoms with van der Waals surface area (Å²) in [7, 11) is 0.483. The highest BCUT2D eigenvalue weighted by Crippen LogP contribution is 2.34. The van der Waals surface area contributed by atoms with Crippen LogP contribution in [0.1, 0.15) is 24.5 Å². The fourth-order valence-corrected chi connectivity index (χ4v) is 4.41. The van der Waals surface area contributed by atoms with Gasteiger partial charge in [0.15, 0.2) is 0 Å². The average molecular weight is 492 g/mol. The Balaban J connectivity index is 2.51. The first-order chi connectivity index (χ1) is 16.0. The molecule has 2 amide bonds. The van der Waals surface area contributed by atoms with Crippen molar-refractivity contribution in [3.05, 3.63) is 53.6 Å². The summed E-state index contributed by atoms with van der Waals surface area (Å²) in [6.07, 6.45) is 1.37. The Morgan fingerprint density at radius 2 is 1.71 bits per heavy atom. The Morgan fingerprint density at radius 1 is 1.06 bits per heavy atom. The van der Waals surface area contributed by atoms with Crippen molar-refractivity contribution < 1.29 is 27.5 Å². The highest BCUT2D eigenvalue weighted by atomic mass is 32.2. The van der Waals surface area contributed by atoms with Crippen LogP contribution < -0.4 is 19.1 Å². The van der Waals surface area contributed by atoms with Crippen molar-refractivity contribution in [2.45, 2.75) is 32.9 Å². The van der Waals surface area contributed by atoms with Gasteiger partial charge in [0.05, 0.1) is 26.2 Å². The third-order valence-corrected chi connectivity index (χ3v) is 6.57. The SMILES string of the molecule is CC[C@@H](C(=O)NC)N(Cc1ccc(C)cc1)C(=O)CN(c1cc(OC)ccc1OC)S(C)(=O)=O. The number of rotatable bonds is 11. The fourth-order valence-electron chi connectivity index (χ4n) is 3.56. The number of nitrogens with zero attached hydrogens (tertiary/aromatic N) is 2. The van der Waals surface area contributed by atoms with Crippen LogP contribution in [-0.4, -0.2) is 65.2 Å². The number of hydrogen-bond donors (Lipinski definition) is 1. The van der Waals surface area contributed by atoms with Crippen LogP contribution in [0.5, 0.6) is 11.5 Å². The van der Waals surface area contributed by atoms with Gasteiger partial charge in [-0.25, -0.2) is 8.42 Å². The van der Waals surface area contributed by atoms with Gasteiger partial charge in [0.25, 0.3) is 0 Å². The van der Waals surface area contributed by atoms with E-state index in [1.807, 2.05) is 31.2 Å². The summed E-state index contributed by atoms with van der Waals surface area (Å²) in [5.74, 6) is -0.174. The smallest absolute Gasteiger partial charge is 0.244 e. The molecule has 0 radical (unpaired) electrons. The van der Waals surface area contributed by atoms with Gasteiger partial charge in [0, 0.05) is 19.7 Å². The van der Waals surface area contributed by atoms with E-state index in [0.717, 1.165) is 21.7 Å². The molecule has 0 unspecified atom stereocenters. The Hall–Kier alpha value is -3.27. The van der Waals surface area contributed by atoms with E-state index in [1.54, 1.807) is 19.1 Å². The van der Waals surface area contributed by atoms with E-state index in [9.17, 15) is 18.0 Å². The normalized spacial score (nSPS) is 11.9. The van der Waals surface area contributed by atoms with E-state index in [-0.39, 0.29) is 23.9 Å². The lowest BCUT2D eigenvalue weighted by Gasteiger charge is -2.33. The van der Waals surface area contributed by atoms with Crippen LogP contribution in [0.15, 0.2) is 42.5 Å². The number of ether oxygens (including phenoxy) is 2. The molecular formula is C24H33N3O6S. The molecule has 2 aromatic rings. The minimum Gasteiger partial charge on any atom is -0.497 e. The van der Waals surface area contributed by atoms with Crippen molar-refractivity contribution in [1.29, 1.82) is 0 Å². The second-order valence-corrected chi connectivity index (χ2v) is 9.76. The van der Waals surface area contributed by atoms with Crippen molar-refractivity contribution in [3.63, 3.8) is 0 Å². The summed E-state index contributed by atoms with van der Waals surface area (Å²) in [6.45, 7) is 3.39. The van der Waals surface area contributed by atoms with Gasteiger partial charge in [-0.3, -0.25) is 13.9 Å². The van der Waals surface area contributed by atoms with Crippen molar-refractivity contribution >= 4 is 27.5 Å². The predicted octanol–water partition coefficient (Wildman–Crippen LogP) is 2.33. The Kier molecular flexibility index (Phi) is 9.31. The number of carbonyl (C=O) groups is 2. The molecule has 186 valence electrons. The highest BCUT2D eigenvalue weighted by Gasteiger charge is 2.32. The molecule has 0 aromatic heterocycles. The fraction of sp³-hybridized carbons (Fsp3) is 0.417. The van der Waals surface area contributed by atoms with Crippen LogP contribution in [0.25, 0.3) is 0 Å². The van der Waals surface area contributed by atoms with Gasteiger partial charge in [-0.15, -0.1) is 0 Å². The maximum Gasteiger partial charge on any atom is 0.244 e. The molecule has 10 heteroatoms. The Labute approximate surface area is 201 Å². The molecule has 9 nitrogen and oxygen atoms in total. The number of anilines is 1. The van der Waals surface area contributed by atoms with Crippen LogP contribution in [0.2, 0.25) is 0 Å². The number of nitrogens with one attached hydrogen (secondary N) is 1. The minimum atomic E-state index is -3.89. The molecule has 0 aliphatic heterocycles. The first-order valence-electron chi connectivity index (χ1n) is 10.8. The molecule has 0 bridgehead atoms. The maximum atomic E-state index is 13.6. The summed E-state index contributed by atoms with van der Waals surface area (Å²) in [4.78, 5) is 27.6. The Bertz CT molecular complexity index is 1100. The van der Waals surface area contributed by atoms with Crippen LogP contribution in [-0.2, 0) is 26.2 Å². The number of benzene rings is 2. The van der Waals surface area contributed by atoms with Crippen LogP contribution in [0, 0.1) is 6.92 Å². The molecule has 34 heavy (non-hydrogen) atoms. The number of sulfonamides is 1. The predicted molar refractivity (Wildman–Crippen MR) is 132 cm³/mol. The topological polar surface area (TPSA) is 105 Å². The summed E-state index contributed by atoms with van der Waals surface area (Å²) in [5, 5.41) is 2.59. The molecule has 2 aromatic carbocycles. The van der Waals surface area contributed by atoms with Gasteiger partial charge in [0.1, 0.15) is 24.1 Å². The molecule has 0 aliphatic carbocycles. The molecule has 0 saturated carbocycles. The van der Waals surface area contributed by atoms with Crippen molar-refractivity contribution in [2.24, 2.45) is 0 Å². The molecule has 0 aliphatic rings. The largest absolute Gasteiger partial charge is 0.497 e. The molecule has 0 heterocycles. The Morgan fingerprint density at radius 3 is 2.21 bits per heavy atom. The second kappa shape index (κ2) is 11.7. The standard InChI is InChI=1S/C24H33N3O6S/c1-7-20(24(29)25-3)26(15-18-10-8-17(2)9-11-18)23(28)16-27(34(6,30)31)21-14-19(32-4)12-13-22(21)33-5/h8-14,20H,7,15-16H2,1-6H3,(H,25,29)/t20-/m0/s1. The minimum absolute atomic E-state index is 0.151. The van der Waals surface area contributed by atoms with E-state index in [4.69, 9.17) is 9.47 Å². The monoisotopic (exact) mass is 491 g/mol. The van der Waals surface area contributed by atoms with Gasteiger partial charge < -0.3 is 19.7 Å². The van der Waals surface area contributed by atoms with Crippen molar-refractivity contribution in [2.75, 3.05) is 38.4 Å². The maximum absolute atomic E-state index is 13.6. The van der Waals surface area contributed by atoms with E-state index < -0.39 is 28.5 Å². The summed E-state index contributed by atoms with van der Waals surface area (Å²) >= 11 is 0. The number of carbonyl (C=O) groups excluding carboxylic acids is 2. The number of methoxy groups -OCH3 is 2. The molecule has 0 saturated heterocycles. The van der Waals surface area contributed by atoms with Gasteiger partial charge in [-0.05, 0) is 31.0 Å². The average Bonchev–Trinajstić information content (AvgIpc) is 2.82. The van der Waals surface area contributed by atoms with Crippen LogP contribution >= 0.6 is 0 Å². The zero-order valence-electron chi connectivity index (χ0n) is 20.5. The van der Waals surface area contributed by atoms with E-state index in [2.05, 4.69) is 5.32 Å². The van der Waals surface area contributed by atoms with Crippen LogP contribution in [0.4, 0.5) is 5.69 Å². The number of aryl methyl sites for hydroxylation is 1. The lowest BCUT2D eigenvalue weighted by molar-refractivity contribution is -0.140. The first-order valence-corrected chi connectivity index (χ1v) is 12.7. The van der Waals surface area contributed by atoms with E-state index in [1.165, 1.54) is 32.2 Å². The van der Waals surface area contributed by atoms with Gasteiger partial charge in [-0.1, -0.05) is 36.8 Å². The van der Waals surface area contributed by atoms with Crippen LogP contribution in [0.3, 0.4) is 0 Å². The van der Waals surface area contributed by atoms with Crippen molar-refractivity contribution in [1.82, 2.24) is 10.2 Å². The van der Waals surface area contributed by atoms with Crippen molar-refractivity contribution in [3.8, 4) is 11.5 Å². The number of amides is 2. The highest BCUT2D eigenvalue weighted by molar-refractivity contribution is 7.92. The van der Waals surface area contributed by atoms with E-state index in [0.29, 0.717) is 12.2 Å². The van der Waals surface area contributed by atoms with Gasteiger partial charge in [-0.2, -0.15) is 0 Å². The third kappa shape index (κ3) is 6.63. The lowest BCUT2D eigenvalue weighted by Crippen LogP contribution is -2.51. The lowest BCUT2D eigenvalue weighted by atomic mass is 10.1. The zero-order chi connectivity index (χ0) is 25.5. The molecule has 0 spiro atoms. The third-order valence-electron chi connectivity index (χ3n) is 5.44. The quantitative estimate of drug-likeness (QED) is 0.517. The zero-order valence-corrected chi connectivity index (χ0v) is 21.3. The molecule has 1 N–H and O–H groups in total. The van der Waals surface area contributed by atoms with Gasteiger partial charge in [0.2, 0.25) is 21.8 Å². The first kappa shape index (κ1) is 27.0. The number of likely N-dealkylation sites (N-methyl/N-ethyl adjacent to an activating group) is 1. The van der Waals surface area contributed by atoms with E-state index >= 15 is 0 Å². The number of hydrogen-bond acceptors (Lipinski definition) is 6. The molecule has 2 rings (SSSR count). The second-order valence-electron chi connectivity index (χ2n) is 7.85. The summed E-state index contributed by atoms with van der Waals surface area (Å²) in [6, 6.07) is 11.5.